The van der Waals surface area contributed by atoms with E-state index in [1.54, 1.807) is 36.4 Å². The molecule has 0 aliphatic heterocycles. The molecule has 0 aliphatic rings. The second-order valence-electron chi connectivity index (χ2n) is 7.11. The Hall–Kier alpha value is -4.04. The second-order valence-corrected chi connectivity index (χ2v) is 8.14. The molecular weight excluding hydrogens is 440 g/mol. The molecule has 8 heteroatoms. The highest BCUT2D eigenvalue weighted by Gasteiger charge is 2.23. The minimum atomic E-state index is -1.10. The third kappa shape index (κ3) is 4.75. The molecule has 1 atom stereocenters. The minimum absolute atomic E-state index is 0.202. The molecule has 7 nitrogen and oxygen atoms in total. The predicted octanol–water partition coefficient (Wildman–Crippen LogP) is 4.93. The summed E-state index contributed by atoms with van der Waals surface area (Å²) in [6.45, 7) is 1.47. The van der Waals surface area contributed by atoms with Gasteiger partial charge in [0.15, 0.2) is 6.10 Å². The van der Waals surface area contributed by atoms with Crippen LogP contribution in [-0.2, 0) is 14.3 Å². The van der Waals surface area contributed by atoms with Crippen LogP contribution in [-0.4, -0.2) is 36.0 Å². The maximum absolute atomic E-state index is 12.9. The summed E-state index contributed by atoms with van der Waals surface area (Å²) in [6.07, 6.45) is -1.10. The molecule has 4 aromatic rings. The maximum Gasteiger partial charge on any atom is 0.339 e. The fourth-order valence-electron chi connectivity index (χ4n) is 3.23. The highest BCUT2D eigenvalue weighted by molar-refractivity contribution is 7.21. The molecule has 0 saturated heterocycles. The lowest BCUT2D eigenvalue weighted by atomic mass is 10.1. The molecule has 1 N–H and O–H groups in total. The molecule has 1 unspecified atom stereocenters. The summed E-state index contributed by atoms with van der Waals surface area (Å²) in [5, 5.41) is 3.31. The predicted molar refractivity (Wildman–Crippen MR) is 126 cm³/mol. The van der Waals surface area contributed by atoms with Gasteiger partial charge in [-0.2, -0.15) is 0 Å². The molecule has 33 heavy (non-hydrogen) atoms. The van der Waals surface area contributed by atoms with Crippen LogP contribution < -0.4 is 5.32 Å². The van der Waals surface area contributed by atoms with Gasteiger partial charge in [-0.3, -0.25) is 4.79 Å². The van der Waals surface area contributed by atoms with Crippen molar-refractivity contribution in [1.82, 2.24) is 4.98 Å². The molecule has 3 aromatic carbocycles. The number of esters is 2. The first kappa shape index (κ1) is 22.2. The number of methoxy groups -OCH3 is 1. The molecule has 0 spiro atoms. The van der Waals surface area contributed by atoms with Crippen molar-refractivity contribution in [2.24, 2.45) is 0 Å². The Labute approximate surface area is 194 Å². The van der Waals surface area contributed by atoms with Gasteiger partial charge in [0.05, 0.1) is 34.1 Å². The van der Waals surface area contributed by atoms with Gasteiger partial charge in [0.25, 0.3) is 5.91 Å². The van der Waals surface area contributed by atoms with Gasteiger partial charge in [0, 0.05) is 5.56 Å². The van der Waals surface area contributed by atoms with E-state index in [1.807, 2.05) is 30.3 Å². The molecule has 1 aromatic heterocycles. The number of thiazole rings is 1. The smallest absolute Gasteiger partial charge is 0.339 e. The number of aromatic nitrogens is 1. The van der Waals surface area contributed by atoms with E-state index in [0.29, 0.717) is 16.1 Å². The largest absolute Gasteiger partial charge is 0.465 e. The number of carbonyl (C=O) groups is 3. The summed E-state index contributed by atoms with van der Waals surface area (Å²) in [4.78, 5) is 42.1. The first-order valence-electron chi connectivity index (χ1n) is 10.1. The van der Waals surface area contributed by atoms with Gasteiger partial charge in [-0.15, -0.1) is 11.3 Å². The highest BCUT2D eigenvalue weighted by Crippen LogP contribution is 2.32. The van der Waals surface area contributed by atoms with Crippen LogP contribution in [0.2, 0.25) is 0 Å². The van der Waals surface area contributed by atoms with Gasteiger partial charge in [0.1, 0.15) is 5.01 Å². The molecule has 0 aliphatic carbocycles. The van der Waals surface area contributed by atoms with Crippen molar-refractivity contribution in [1.29, 1.82) is 0 Å². The van der Waals surface area contributed by atoms with Gasteiger partial charge < -0.3 is 14.8 Å². The SMILES string of the molecule is COC(=O)c1ccccc1NC(=O)C(C)OC(=O)c1ccccc1-c1nc2ccccc2s1. The topological polar surface area (TPSA) is 94.6 Å². The number of ether oxygens (including phenoxy) is 2. The van der Waals surface area contributed by atoms with E-state index < -0.39 is 23.9 Å². The summed E-state index contributed by atoms with van der Waals surface area (Å²) in [5.41, 5.74) is 2.26. The van der Waals surface area contributed by atoms with E-state index >= 15 is 0 Å². The zero-order chi connectivity index (χ0) is 23.4. The summed E-state index contributed by atoms with van der Waals surface area (Å²) in [7, 11) is 1.26. The van der Waals surface area contributed by atoms with Crippen LogP contribution in [0.25, 0.3) is 20.8 Å². The lowest BCUT2D eigenvalue weighted by molar-refractivity contribution is -0.123. The average molecular weight is 461 g/mol. The zero-order valence-electron chi connectivity index (χ0n) is 17.9. The number of carbonyl (C=O) groups excluding carboxylic acids is 3. The van der Waals surface area contributed by atoms with Crippen molar-refractivity contribution in [2.75, 3.05) is 12.4 Å². The van der Waals surface area contributed by atoms with Gasteiger partial charge >= 0.3 is 11.9 Å². The van der Waals surface area contributed by atoms with Crippen molar-refractivity contribution in [3.63, 3.8) is 0 Å². The number of nitrogens with zero attached hydrogens (tertiary/aromatic N) is 1. The lowest BCUT2D eigenvalue weighted by Crippen LogP contribution is -2.30. The van der Waals surface area contributed by atoms with Crippen LogP contribution in [0.3, 0.4) is 0 Å². The number of para-hydroxylation sites is 2. The maximum atomic E-state index is 12.9. The average Bonchev–Trinajstić information content (AvgIpc) is 3.28. The zero-order valence-corrected chi connectivity index (χ0v) is 18.7. The Kier molecular flexibility index (Phi) is 6.46. The molecule has 4 rings (SSSR count). The van der Waals surface area contributed by atoms with Crippen molar-refractivity contribution in [3.05, 3.63) is 83.9 Å². The third-order valence-electron chi connectivity index (χ3n) is 4.91. The number of amides is 1. The van der Waals surface area contributed by atoms with Crippen LogP contribution in [0.15, 0.2) is 72.8 Å². The third-order valence-corrected chi connectivity index (χ3v) is 5.98. The normalized spacial score (nSPS) is 11.6. The molecule has 0 radical (unpaired) electrons. The lowest BCUT2D eigenvalue weighted by Gasteiger charge is -2.16. The first-order valence-corrected chi connectivity index (χ1v) is 10.9. The Balaban J connectivity index is 1.52. The molecule has 166 valence electrons. The van der Waals surface area contributed by atoms with E-state index in [1.165, 1.54) is 31.4 Å². The summed E-state index contributed by atoms with van der Waals surface area (Å²) < 4.78 is 11.2. The fourth-order valence-corrected chi connectivity index (χ4v) is 4.23. The number of hydrogen-bond acceptors (Lipinski definition) is 7. The van der Waals surface area contributed by atoms with Gasteiger partial charge in [-0.1, -0.05) is 42.5 Å². The quantitative estimate of drug-likeness (QED) is 0.410. The summed E-state index contributed by atoms with van der Waals surface area (Å²) in [6, 6.07) is 21.1. The second kappa shape index (κ2) is 9.62. The highest BCUT2D eigenvalue weighted by atomic mass is 32.1. The molecule has 1 heterocycles. The standard InChI is InChI=1S/C25H20N2O5S/c1-15(22(28)26-19-12-6-5-11-18(19)24(29)31-2)32-25(30)17-10-4-3-9-16(17)23-27-20-13-7-8-14-21(20)33-23/h3-15H,1-2H3,(H,26,28). The Morgan fingerprint density at radius 3 is 2.30 bits per heavy atom. The number of anilines is 1. The van der Waals surface area contributed by atoms with E-state index in [9.17, 15) is 14.4 Å². The Morgan fingerprint density at radius 1 is 0.879 bits per heavy atom. The Morgan fingerprint density at radius 2 is 1.55 bits per heavy atom. The number of benzene rings is 3. The van der Waals surface area contributed by atoms with Gasteiger partial charge in [-0.05, 0) is 37.3 Å². The van der Waals surface area contributed by atoms with Gasteiger partial charge in [0.2, 0.25) is 0 Å². The van der Waals surface area contributed by atoms with E-state index in [0.717, 1.165) is 10.2 Å². The summed E-state index contributed by atoms with van der Waals surface area (Å²) >= 11 is 1.47. The van der Waals surface area contributed by atoms with Crippen molar-refractivity contribution < 1.29 is 23.9 Å². The van der Waals surface area contributed by atoms with Crippen LogP contribution >= 0.6 is 11.3 Å². The number of rotatable bonds is 6. The molecule has 0 bridgehead atoms. The van der Waals surface area contributed by atoms with Crippen LogP contribution in [0.1, 0.15) is 27.6 Å². The van der Waals surface area contributed by atoms with Crippen LogP contribution in [0.5, 0.6) is 0 Å². The first-order chi connectivity index (χ1) is 16.0. The Bertz CT molecular complexity index is 1310. The van der Waals surface area contributed by atoms with Crippen molar-refractivity contribution in [3.8, 4) is 10.6 Å². The van der Waals surface area contributed by atoms with E-state index in [2.05, 4.69) is 10.3 Å². The number of hydrogen-bond donors (Lipinski definition) is 1. The minimum Gasteiger partial charge on any atom is -0.465 e. The van der Waals surface area contributed by atoms with E-state index in [-0.39, 0.29) is 11.3 Å². The monoisotopic (exact) mass is 460 g/mol. The van der Waals surface area contributed by atoms with Crippen LogP contribution in [0.4, 0.5) is 5.69 Å². The number of fused-ring (bicyclic) bond motifs is 1. The number of nitrogens with one attached hydrogen (secondary N) is 1. The molecule has 1 amide bonds. The van der Waals surface area contributed by atoms with Crippen LogP contribution in [0, 0.1) is 0 Å². The molecule has 0 fully saturated rings. The molecule has 0 saturated carbocycles. The van der Waals surface area contributed by atoms with Crippen molar-refractivity contribution in [2.45, 2.75) is 13.0 Å². The fraction of sp³-hybridized carbons (Fsp3) is 0.120. The van der Waals surface area contributed by atoms with E-state index in [4.69, 9.17) is 9.47 Å². The van der Waals surface area contributed by atoms with Crippen molar-refractivity contribution >= 4 is 45.1 Å². The summed E-state index contributed by atoms with van der Waals surface area (Å²) in [5.74, 6) is -1.80. The van der Waals surface area contributed by atoms with Gasteiger partial charge in [-0.25, -0.2) is 14.6 Å². The molecular formula is C25H20N2O5S.